The first-order chi connectivity index (χ1) is 36.1. The van der Waals surface area contributed by atoms with Gasteiger partial charge in [0.25, 0.3) is 0 Å². The summed E-state index contributed by atoms with van der Waals surface area (Å²) < 4.78 is 22.7. The van der Waals surface area contributed by atoms with Gasteiger partial charge in [-0.3, -0.25) is 9.59 Å². The molecule has 2 atom stereocenters. The molecule has 9 heteroatoms. The van der Waals surface area contributed by atoms with Crippen molar-refractivity contribution in [3.8, 4) is 0 Å². The molecule has 0 heterocycles. The summed E-state index contributed by atoms with van der Waals surface area (Å²) in [6.07, 6.45) is 70.9. The molecule has 0 aromatic carbocycles. The number of carbonyl (C=O) groups excluding carboxylic acids is 3. The fourth-order valence-electron chi connectivity index (χ4n) is 8.24. The molecule has 9 nitrogen and oxygen atoms in total. The smallest absolute Gasteiger partial charge is 0.306 e. The monoisotopic (exact) mass is 1040 g/mol. The largest absolute Gasteiger partial charge is 0.545 e. The molecule has 0 aliphatic heterocycles. The van der Waals surface area contributed by atoms with E-state index in [0.717, 1.165) is 89.9 Å². The van der Waals surface area contributed by atoms with Gasteiger partial charge < -0.3 is 33.3 Å². The van der Waals surface area contributed by atoms with Gasteiger partial charge in [-0.2, -0.15) is 0 Å². The third-order valence-electron chi connectivity index (χ3n) is 12.9. The van der Waals surface area contributed by atoms with Crippen LogP contribution < -0.4 is 5.11 Å². The van der Waals surface area contributed by atoms with Crippen molar-refractivity contribution in [1.82, 2.24) is 0 Å². The number of carbonyl (C=O) groups is 3. The fourth-order valence-corrected chi connectivity index (χ4v) is 8.24. The first-order valence-corrected chi connectivity index (χ1v) is 30.2. The molecule has 2 unspecified atom stereocenters. The first kappa shape index (κ1) is 70.5. The minimum absolute atomic E-state index is 0.145. The van der Waals surface area contributed by atoms with E-state index in [0.29, 0.717) is 17.4 Å². The van der Waals surface area contributed by atoms with Crippen LogP contribution in [0.3, 0.4) is 0 Å². The van der Waals surface area contributed by atoms with Crippen LogP contribution in [0.2, 0.25) is 0 Å². The Morgan fingerprint density at radius 2 is 0.770 bits per heavy atom. The van der Waals surface area contributed by atoms with Crippen LogP contribution in [0.15, 0.2) is 85.1 Å². The number of allylic oxidation sites excluding steroid dienone is 14. The van der Waals surface area contributed by atoms with E-state index in [2.05, 4.69) is 98.9 Å². The Kier molecular flexibility index (Phi) is 53.0. The number of esters is 2. The average molecular weight is 1040 g/mol. The van der Waals surface area contributed by atoms with Gasteiger partial charge in [0, 0.05) is 12.8 Å². The zero-order valence-electron chi connectivity index (χ0n) is 48.4. The maximum atomic E-state index is 12.8. The van der Waals surface area contributed by atoms with Crippen molar-refractivity contribution in [3.05, 3.63) is 85.1 Å². The number of ether oxygens (including phenoxy) is 4. The highest BCUT2D eigenvalue weighted by Gasteiger charge is 2.22. The molecule has 0 aromatic heterocycles. The highest BCUT2D eigenvalue weighted by Crippen LogP contribution is 2.16. The highest BCUT2D eigenvalue weighted by molar-refractivity contribution is 5.70. The van der Waals surface area contributed by atoms with Gasteiger partial charge in [0.2, 0.25) is 0 Å². The Bertz CT molecular complexity index is 1490. The van der Waals surface area contributed by atoms with E-state index >= 15 is 0 Å². The molecule has 0 saturated heterocycles. The average Bonchev–Trinajstić information content (AvgIpc) is 3.37. The van der Waals surface area contributed by atoms with Gasteiger partial charge >= 0.3 is 11.9 Å². The molecular weight excluding hydrogens is 923 g/mol. The highest BCUT2D eigenvalue weighted by atomic mass is 16.7. The minimum Gasteiger partial charge on any atom is -0.545 e. The molecule has 0 amide bonds. The molecular formula is C65H113NO8. The van der Waals surface area contributed by atoms with Crippen LogP contribution in [-0.2, 0) is 33.3 Å². The van der Waals surface area contributed by atoms with Gasteiger partial charge in [0.1, 0.15) is 13.2 Å². The predicted molar refractivity (Wildman–Crippen MR) is 311 cm³/mol. The van der Waals surface area contributed by atoms with Crippen LogP contribution in [0.1, 0.15) is 251 Å². The Balaban J connectivity index is 4.03. The second-order valence-corrected chi connectivity index (χ2v) is 21.3. The van der Waals surface area contributed by atoms with Crippen molar-refractivity contribution in [2.24, 2.45) is 0 Å². The number of hydrogen-bond acceptors (Lipinski definition) is 8. The Labute approximate surface area is 455 Å². The maximum absolute atomic E-state index is 12.8. The van der Waals surface area contributed by atoms with Gasteiger partial charge in [-0.1, -0.05) is 234 Å². The number of carboxylic acid groups (broad SMARTS) is 1. The topological polar surface area (TPSA) is 111 Å². The fraction of sp³-hybridized carbons (Fsp3) is 0.738. The molecule has 74 heavy (non-hydrogen) atoms. The zero-order chi connectivity index (χ0) is 54.1. The Morgan fingerprint density at radius 3 is 1.16 bits per heavy atom. The standard InChI is InChI=1S/C65H113NO8/c1-6-8-10-12-14-16-18-20-21-22-23-24-25-26-27-28-29-30-31-32-33-34-35-36-37-38-39-40-41-42-43-44-46-48-50-52-54-56-63(68)74-61(60-73-65(64(69)70)71-58-57-66(3,4)5)59-72-62(67)55-53-51-49-47-45-19-17-15-13-11-9-7-2/h8,10,14-17,20-21,23-24,26-27,29-30,61,65H,6-7,9,11-13,18-19,22,25,28,31-60H2,1-5H3/b10-8-,16-14-,17-15-,21-20-,24-23-,27-26-,30-29-. The second kappa shape index (κ2) is 55.7. The van der Waals surface area contributed by atoms with Gasteiger partial charge in [-0.15, -0.1) is 0 Å². The number of unbranched alkanes of at least 4 members (excludes halogenated alkanes) is 26. The van der Waals surface area contributed by atoms with Crippen molar-refractivity contribution in [2.75, 3.05) is 47.5 Å². The predicted octanol–water partition coefficient (Wildman–Crippen LogP) is 16.6. The third-order valence-corrected chi connectivity index (χ3v) is 12.9. The van der Waals surface area contributed by atoms with Crippen molar-refractivity contribution < 1.29 is 42.9 Å². The minimum atomic E-state index is -1.62. The van der Waals surface area contributed by atoms with Crippen LogP contribution in [0.5, 0.6) is 0 Å². The second-order valence-electron chi connectivity index (χ2n) is 21.3. The van der Waals surface area contributed by atoms with E-state index in [1.54, 1.807) is 0 Å². The SMILES string of the molecule is CC/C=C\C/C=C\C/C=C\C/C=C\C/C=C\C/C=C\CCCCCCCCCCCCCCCCCCCCC(=O)OC(COC(=O)CCCCCCC/C=C\CCCCC)COC(OCC[N+](C)(C)C)C(=O)[O-]. The molecule has 426 valence electrons. The van der Waals surface area contributed by atoms with Crippen molar-refractivity contribution in [3.63, 3.8) is 0 Å². The van der Waals surface area contributed by atoms with Crippen LogP contribution >= 0.6 is 0 Å². The number of carboxylic acids is 1. The Morgan fingerprint density at radius 1 is 0.419 bits per heavy atom. The van der Waals surface area contributed by atoms with Crippen LogP contribution in [-0.4, -0.2) is 82.3 Å². The lowest BCUT2D eigenvalue weighted by atomic mass is 10.0. The van der Waals surface area contributed by atoms with E-state index in [4.69, 9.17) is 18.9 Å². The van der Waals surface area contributed by atoms with Crippen LogP contribution in [0.4, 0.5) is 0 Å². The molecule has 0 rings (SSSR count). The molecule has 0 spiro atoms. The number of rotatable bonds is 55. The quantitative estimate of drug-likeness (QED) is 0.0195. The lowest BCUT2D eigenvalue weighted by Gasteiger charge is -2.26. The first-order valence-electron chi connectivity index (χ1n) is 30.2. The molecule has 0 radical (unpaired) electrons. The summed E-state index contributed by atoms with van der Waals surface area (Å²) in [5, 5.41) is 11.8. The number of nitrogens with zero attached hydrogens (tertiary/aromatic N) is 1. The van der Waals surface area contributed by atoms with Gasteiger partial charge in [-0.25, -0.2) is 0 Å². The van der Waals surface area contributed by atoms with E-state index in [-0.39, 0.29) is 38.6 Å². The van der Waals surface area contributed by atoms with E-state index < -0.39 is 24.3 Å². The van der Waals surface area contributed by atoms with E-state index in [9.17, 15) is 19.5 Å². The van der Waals surface area contributed by atoms with Crippen molar-refractivity contribution in [1.29, 1.82) is 0 Å². The number of quaternary nitrogens is 1. The van der Waals surface area contributed by atoms with Crippen molar-refractivity contribution in [2.45, 2.75) is 264 Å². The summed E-state index contributed by atoms with van der Waals surface area (Å²) >= 11 is 0. The zero-order valence-corrected chi connectivity index (χ0v) is 48.4. The molecule has 0 fully saturated rings. The number of hydrogen-bond donors (Lipinski definition) is 0. The molecule has 0 saturated carbocycles. The number of aliphatic carboxylic acids is 1. The molecule has 0 aromatic rings. The molecule has 0 aliphatic rings. The summed E-state index contributed by atoms with van der Waals surface area (Å²) in [5.41, 5.74) is 0. The summed E-state index contributed by atoms with van der Waals surface area (Å²) in [7, 11) is 5.92. The molecule has 0 bridgehead atoms. The lowest BCUT2D eigenvalue weighted by molar-refractivity contribution is -0.870. The van der Waals surface area contributed by atoms with E-state index in [1.165, 1.54) is 128 Å². The molecule has 0 aliphatic carbocycles. The normalized spacial score (nSPS) is 13.4. The van der Waals surface area contributed by atoms with Crippen LogP contribution in [0, 0.1) is 0 Å². The molecule has 0 N–H and O–H groups in total. The van der Waals surface area contributed by atoms with Gasteiger partial charge in [0.15, 0.2) is 12.4 Å². The maximum Gasteiger partial charge on any atom is 0.306 e. The number of likely N-dealkylation sites (N-methyl/N-ethyl adjacent to an activating group) is 1. The summed E-state index contributed by atoms with van der Waals surface area (Å²) in [6, 6.07) is 0. The Hall–Kier alpha value is -3.53. The third kappa shape index (κ3) is 56.2. The van der Waals surface area contributed by atoms with Crippen LogP contribution in [0.25, 0.3) is 0 Å². The van der Waals surface area contributed by atoms with Gasteiger partial charge in [-0.05, 0) is 89.9 Å². The van der Waals surface area contributed by atoms with Crippen molar-refractivity contribution >= 4 is 17.9 Å². The summed E-state index contributed by atoms with van der Waals surface area (Å²) in [5.74, 6) is -2.29. The van der Waals surface area contributed by atoms with Gasteiger partial charge in [0.05, 0.1) is 40.3 Å². The summed E-state index contributed by atoms with van der Waals surface area (Å²) in [6.45, 7) is 4.60. The summed E-state index contributed by atoms with van der Waals surface area (Å²) in [4.78, 5) is 37.2. The van der Waals surface area contributed by atoms with E-state index in [1.807, 2.05) is 21.1 Å². The lowest BCUT2D eigenvalue weighted by Crippen LogP contribution is -2.44.